The molecule has 0 radical (unpaired) electrons. The average Bonchev–Trinajstić information content (AvgIpc) is 2.87. The number of benzene rings is 1. The van der Waals surface area contributed by atoms with E-state index in [1.165, 1.54) is 50.6 Å². The molecule has 0 spiro atoms. The van der Waals surface area contributed by atoms with E-state index in [-0.39, 0.29) is 0 Å². The van der Waals surface area contributed by atoms with Gasteiger partial charge in [0.15, 0.2) is 0 Å². The van der Waals surface area contributed by atoms with Gasteiger partial charge in [0.1, 0.15) is 0 Å². The maximum atomic E-state index is 11.0. The van der Waals surface area contributed by atoms with E-state index in [1.807, 2.05) is 18.2 Å². The number of rotatable bonds is 8. The fourth-order valence-corrected chi connectivity index (χ4v) is 3.80. The maximum Gasteiger partial charge on any atom is 0.316 e. The first-order valence-electron chi connectivity index (χ1n) is 9.05. The van der Waals surface area contributed by atoms with Crippen LogP contribution in [0.2, 0.25) is 0 Å². The van der Waals surface area contributed by atoms with Crippen molar-refractivity contribution in [1.82, 2.24) is 4.90 Å². The van der Waals surface area contributed by atoms with Crippen molar-refractivity contribution >= 4 is 11.7 Å². The lowest BCUT2D eigenvalue weighted by Crippen LogP contribution is -2.37. The van der Waals surface area contributed by atoms with Crippen LogP contribution in [-0.4, -0.2) is 29.6 Å². The molecule has 4 nitrogen and oxygen atoms in total. The molecule has 2 atom stereocenters. The van der Waals surface area contributed by atoms with Gasteiger partial charge in [0.05, 0.1) is 0 Å². The molecular weight excluding hydrogens is 286 g/mol. The van der Waals surface area contributed by atoms with Crippen LogP contribution in [0.1, 0.15) is 57.9 Å². The molecule has 128 valence electrons. The molecule has 3 N–H and O–H groups in total. The highest BCUT2D eigenvalue weighted by Gasteiger charge is 2.31. The summed E-state index contributed by atoms with van der Waals surface area (Å²) >= 11 is 0. The minimum atomic E-state index is -0.504. The van der Waals surface area contributed by atoms with Crippen LogP contribution in [0.5, 0.6) is 0 Å². The smallest absolute Gasteiger partial charge is 0.316 e. The fourth-order valence-electron chi connectivity index (χ4n) is 3.80. The number of nitrogens with one attached hydrogen (secondary N) is 1. The Morgan fingerprint density at radius 2 is 2.04 bits per heavy atom. The van der Waals surface area contributed by atoms with Crippen LogP contribution in [0.3, 0.4) is 0 Å². The third-order valence-electron chi connectivity index (χ3n) is 4.81. The molecule has 1 saturated heterocycles. The van der Waals surface area contributed by atoms with E-state index in [0.717, 1.165) is 18.2 Å². The molecule has 0 aliphatic carbocycles. The zero-order valence-corrected chi connectivity index (χ0v) is 14.6. The highest BCUT2D eigenvalue weighted by Crippen LogP contribution is 2.30. The lowest BCUT2D eigenvalue weighted by molar-refractivity contribution is 0.182. The number of amides is 2. The molecule has 0 aromatic heterocycles. The highest BCUT2D eigenvalue weighted by atomic mass is 16.2. The first-order valence-corrected chi connectivity index (χ1v) is 9.05. The molecule has 1 fully saturated rings. The third-order valence-corrected chi connectivity index (χ3v) is 4.81. The first kappa shape index (κ1) is 17.8. The van der Waals surface area contributed by atoms with Gasteiger partial charge in [-0.3, -0.25) is 4.90 Å². The predicted octanol–water partition coefficient (Wildman–Crippen LogP) is 4.15. The number of nitrogens with zero attached hydrogens (tertiary/aromatic N) is 1. The van der Waals surface area contributed by atoms with Gasteiger partial charge in [0.2, 0.25) is 0 Å². The topological polar surface area (TPSA) is 58.4 Å². The number of unbranched alkanes of at least 4 members (excludes halogenated alkanes) is 1. The molecule has 2 rings (SSSR count). The van der Waals surface area contributed by atoms with Crippen LogP contribution >= 0.6 is 0 Å². The molecule has 0 bridgehead atoms. The average molecular weight is 317 g/mol. The molecule has 1 aromatic carbocycles. The van der Waals surface area contributed by atoms with Crippen LogP contribution in [0.25, 0.3) is 0 Å². The highest BCUT2D eigenvalue weighted by molar-refractivity contribution is 5.87. The summed E-state index contributed by atoms with van der Waals surface area (Å²) in [6.45, 7) is 5.73. The summed E-state index contributed by atoms with van der Waals surface area (Å²) in [5.41, 5.74) is 7.27. The Bertz CT molecular complexity index is 503. The summed E-state index contributed by atoms with van der Waals surface area (Å²) in [5.74, 6) is 0. The minimum Gasteiger partial charge on any atom is -0.351 e. The van der Waals surface area contributed by atoms with E-state index in [0.29, 0.717) is 6.04 Å². The van der Waals surface area contributed by atoms with Gasteiger partial charge in [0, 0.05) is 17.8 Å². The Kier molecular flexibility index (Phi) is 6.90. The van der Waals surface area contributed by atoms with Crippen molar-refractivity contribution in [1.29, 1.82) is 0 Å². The minimum absolute atomic E-state index is 0.504. The normalized spacial score (nSPS) is 21.5. The summed E-state index contributed by atoms with van der Waals surface area (Å²) in [7, 11) is 0. The maximum absolute atomic E-state index is 11.0. The van der Waals surface area contributed by atoms with Crippen molar-refractivity contribution in [2.45, 2.75) is 70.9 Å². The van der Waals surface area contributed by atoms with Crippen molar-refractivity contribution in [3.63, 3.8) is 0 Å². The van der Waals surface area contributed by atoms with Gasteiger partial charge in [-0.15, -0.1) is 0 Å². The van der Waals surface area contributed by atoms with E-state index >= 15 is 0 Å². The van der Waals surface area contributed by atoms with E-state index in [2.05, 4.69) is 30.1 Å². The lowest BCUT2D eigenvalue weighted by atomic mass is 10.0. The van der Waals surface area contributed by atoms with Gasteiger partial charge >= 0.3 is 6.03 Å². The Labute approximate surface area is 140 Å². The number of hydrogen-bond acceptors (Lipinski definition) is 2. The quantitative estimate of drug-likeness (QED) is 0.756. The van der Waals surface area contributed by atoms with Crippen molar-refractivity contribution in [2.24, 2.45) is 5.73 Å². The number of likely N-dealkylation sites (tertiary alicyclic amines) is 1. The van der Waals surface area contributed by atoms with Gasteiger partial charge in [-0.05, 0) is 56.3 Å². The van der Waals surface area contributed by atoms with Gasteiger partial charge in [-0.1, -0.05) is 38.8 Å². The van der Waals surface area contributed by atoms with Crippen LogP contribution in [0.15, 0.2) is 24.3 Å². The zero-order valence-electron chi connectivity index (χ0n) is 14.6. The van der Waals surface area contributed by atoms with Gasteiger partial charge < -0.3 is 11.1 Å². The molecule has 1 aromatic rings. The van der Waals surface area contributed by atoms with Crippen molar-refractivity contribution in [3.8, 4) is 0 Å². The molecule has 1 heterocycles. The number of carbonyl (C=O) groups is 1. The van der Waals surface area contributed by atoms with E-state index in [1.54, 1.807) is 0 Å². The van der Waals surface area contributed by atoms with Crippen LogP contribution in [0.4, 0.5) is 10.5 Å². The molecular formula is C19H31N3O. The molecule has 1 aliphatic heterocycles. The number of anilines is 1. The molecule has 1 aliphatic rings. The summed E-state index contributed by atoms with van der Waals surface area (Å²) in [6, 6.07) is 8.96. The molecule has 4 heteroatoms. The SMILES string of the molecule is CCCCC1CCC(Cc2cccc(NC(N)=O)c2)N1CCC. The zero-order chi connectivity index (χ0) is 16.7. The predicted molar refractivity (Wildman–Crippen MR) is 96.7 cm³/mol. The first-order chi connectivity index (χ1) is 11.1. The molecule has 0 saturated carbocycles. The second-order valence-corrected chi connectivity index (χ2v) is 6.66. The van der Waals surface area contributed by atoms with E-state index in [4.69, 9.17) is 5.73 Å². The van der Waals surface area contributed by atoms with E-state index in [9.17, 15) is 4.79 Å². The second kappa shape index (κ2) is 8.92. The van der Waals surface area contributed by atoms with Gasteiger partial charge in [-0.25, -0.2) is 4.79 Å². The second-order valence-electron chi connectivity index (χ2n) is 6.66. The van der Waals surface area contributed by atoms with E-state index < -0.39 is 6.03 Å². The number of urea groups is 1. The van der Waals surface area contributed by atoms with Gasteiger partial charge in [-0.2, -0.15) is 0 Å². The number of hydrogen-bond donors (Lipinski definition) is 2. The lowest BCUT2D eigenvalue weighted by Gasteiger charge is -2.30. The molecule has 2 unspecified atom stereocenters. The molecule has 23 heavy (non-hydrogen) atoms. The van der Waals surface area contributed by atoms with Crippen LogP contribution in [-0.2, 0) is 6.42 Å². The number of nitrogens with two attached hydrogens (primary N) is 1. The number of carbonyl (C=O) groups excluding carboxylic acids is 1. The summed E-state index contributed by atoms with van der Waals surface area (Å²) < 4.78 is 0. The third kappa shape index (κ3) is 5.24. The van der Waals surface area contributed by atoms with Gasteiger partial charge in [0.25, 0.3) is 0 Å². The van der Waals surface area contributed by atoms with Crippen molar-refractivity contribution in [3.05, 3.63) is 29.8 Å². The fraction of sp³-hybridized carbons (Fsp3) is 0.632. The Balaban J connectivity index is 2.01. The summed E-state index contributed by atoms with van der Waals surface area (Å²) in [6.07, 6.45) is 8.80. The van der Waals surface area contributed by atoms with Crippen LogP contribution < -0.4 is 11.1 Å². The Morgan fingerprint density at radius 1 is 1.26 bits per heavy atom. The number of primary amides is 1. The Hall–Kier alpha value is -1.55. The van der Waals surface area contributed by atoms with Crippen LogP contribution in [0, 0.1) is 0 Å². The summed E-state index contributed by atoms with van der Waals surface area (Å²) in [5, 5.41) is 2.67. The molecule has 2 amide bonds. The monoisotopic (exact) mass is 317 g/mol. The largest absolute Gasteiger partial charge is 0.351 e. The Morgan fingerprint density at radius 3 is 2.74 bits per heavy atom. The summed E-state index contributed by atoms with van der Waals surface area (Å²) in [4.78, 5) is 13.7. The van der Waals surface area contributed by atoms with Crippen molar-refractivity contribution < 1.29 is 4.79 Å². The van der Waals surface area contributed by atoms with Crippen molar-refractivity contribution in [2.75, 3.05) is 11.9 Å². The standard InChI is InChI=1S/C19H31N3O/c1-3-5-9-17-10-11-18(22(17)12-4-2)14-15-7-6-8-16(13-15)21-19(20)23/h6-8,13,17-18H,3-5,9-12,14H2,1-2H3,(H3,20,21,23).